The highest BCUT2D eigenvalue weighted by Gasteiger charge is 2.33. The highest BCUT2D eigenvalue weighted by Crippen LogP contribution is 2.21. The predicted molar refractivity (Wildman–Crippen MR) is 100 cm³/mol. The Morgan fingerprint density at radius 3 is 2.54 bits per heavy atom. The summed E-state index contributed by atoms with van der Waals surface area (Å²) in [4.78, 5) is 26.9. The van der Waals surface area contributed by atoms with Crippen molar-refractivity contribution in [3.63, 3.8) is 0 Å². The molecule has 2 atom stereocenters. The maximum Gasteiger partial charge on any atom is 0.272 e. The Morgan fingerprint density at radius 2 is 1.88 bits per heavy atom. The molecule has 1 fully saturated rings. The van der Waals surface area contributed by atoms with Crippen LogP contribution < -0.4 is 10.9 Å². The molecule has 1 saturated heterocycles. The molecule has 0 aliphatic carbocycles. The molecule has 2 aromatic rings. The van der Waals surface area contributed by atoms with Crippen molar-refractivity contribution in [3.05, 3.63) is 40.3 Å². The number of benzene rings is 1. The van der Waals surface area contributed by atoms with Gasteiger partial charge in [-0.15, -0.1) is 0 Å². The first-order valence-electron chi connectivity index (χ1n) is 8.94. The van der Waals surface area contributed by atoms with Gasteiger partial charge in [0.05, 0.1) is 17.6 Å². The standard InChI is InChI=1S/C19H26N4O3/c1-12-9-23(10-13(2)26-12)19(3,4)11-20-18(25)16-14-7-5-6-8-15(14)17(24)22-21-16/h5-8,12-13H,9-11H2,1-4H3,(H,20,25)(H,22,24)/t12-,13-/m1/s1. The van der Waals surface area contributed by atoms with Crippen LogP contribution in [0.3, 0.4) is 0 Å². The van der Waals surface area contributed by atoms with Crippen LogP contribution in [0.1, 0.15) is 38.2 Å². The molecule has 2 N–H and O–H groups in total. The van der Waals surface area contributed by atoms with Crippen molar-refractivity contribution in [2.75, 3.05) is 19.6 Å². The summed E-state index contributed by atoms with van der Waals surface area (Å²) in [5.41, 5.74) is -0.284. The number of nitrogens with one attached hydrogen (secondary N) is 2. The molecule has 1 aliphatic heterocycles. The molecule has 26 heavy (non-hydrogen) atoms. The molecule has 0 saturated carbocycles. The summed E-state index contributed by atoms with van der Waals surface area (Å²) in [5.74, 6) is -0.292. The summed E-state index contributed by atoms with van der Waals surface area (Å²) in [5, 5.41) is 10.4. The molecule has 2 heterocycles. The van der Waals surface area contributed by atoms with Gasteiger partial charge in [0, 0.05) is 30.6 Å². The predicted octanol–water partition coefficient (Wildman–Crippen LogP) is 1.54. The fourth-order valence-electron chi connectivity index (χ4n) is 3.45. The maximum absolute atomic E-state index is 12.7. The van der Waals surface area contributed by atoms with Crippen LogP contribution in [0.25, 0.3) is 10.8 Å². The number of carbonyl (C=O) groups excluding carboxylic acids is 1. The van der Waals surface area contributed by atoms with Crippen LogP contribution in [-0.2, 0) is 4.74 Å². The van der Waals surface area contributed by atoms with E-state index < -0.39 is 0 Å². The topological polar surface area (TPSA) is 87.3 Å². The van der Waals surface area contributed by atoms with E-state index in [1.54, 1.807) is 24.3 Å². The van der Waals surface area contributed by atoms with Crippen LogP contribution in [-0.4, -0.2) is 58.4 Å². The lowest BCUT2D eigenvalue weighted by molar-refractivity contribution is -0.0948. The van der Waals surface area contributed by atoms with E-state index in [0.717, 1.165) is 13.1 Å². The van der Waals surface area contributed by atoms with Gasteiger partial charge in [0.25, 0.3) is 11.5 Å². The van der Waals surface area contributed by atoms with Gasteiger partial charge in [0.2, 0.25) is 0 Å². The minimum atomic E-state index is -0.297. The lowest BCUT2D eigenvalue weighted by Crippen LogP contribution is -2.58. The summed E-state index contributed by atoms with van der Waals surface area (Å²) in [6.07, 6.45) is 0.331. The number of hydrogen-bond acceptors (Lipinski definition) is 5. The molecule has 1 amide bonds. The van der Waals surface area contributed by atoms with Gasteiger partial charge in [0.1, 0.15) is 0 Å². The van der Waals surface area contributed by atoms with E-state index >= 15 is 0 Å². The maximum atomic E-state index is 12.7. The van der Waals surface area contributed by atoms with Gasteiger partial charge in [-0.25, -0.2) is 5.10 Å². The molecule has 0 spiro atoms. The van der Waals surface area contributed by atoms with Gasteiger partial charge in [0.15, 0.2) is 5.69 Å². The molecule has 1 aliphatic rings. The average molecular weight is 358 g/mol. The molecule has 0 unspecified atom stereocenters. The number of ether oxygens (including phenoxy) is 1. The molecule has 0 bridgehead atoms. The fraction of sp³-hybridized carbons (Fsp3) is 0.526. The lowest BCUT2D eigenvalue weighted by atomic mass is 10.00. The number of morpholine rings is 1. The third kappa shape index (κ3) is 3.78. The van der Waals surface area contributed by atoms with Gasteiger partial charge in [-0.2, -0.15) is 5.10 Å². The first-order valence-corrected chi connectivity index (χ1v) is 8.94. The van der Waals surface area contributed by atoms with Gasteiger partial charge in [-0.1, -0.05) is 18.2 Å². The Labute approximate surface area is 152 Å². The molecule has 140 valence electrons. The van der Waals surface area contributed by atoms with Crippen molar-refractivity contribution >= 4 is 16.7 Å². The number of fused-ring (bicyclic) bond motifs is 1. The van der Waals surface area contributed by atoms with Crippen molar-refractivity contribution < 1.29 is 9.53 Å². The number of hydrogen-bond donors (Lipinski definition) is 2. The summed E-state index contributed by atoms with van der Waals surface area (Å²) in [7, 11) is 0. The highest BCUT2D eigenvalue weighted by molar-refractivity contribution is 6.04. The van der Waals surface area contributed by atoms with Crippen molar-refractivity contribution in [2.45, 2.75) is 45.4 Å². The zero-order valence-corrected chi connectivity index (χ0v) is 15.7. The molecular weight excluding hydrogens is 332 g/mol. The van der Waals surface area contributed by atoms with Gasteiger partial charge >= 0.3 is 0 Å². The highest BCUT2D eigenvalue weighted by atomic mass is 16.5. The molecular formula is C19H26N4O3. The van der Waals surface area contributed by atoms with Crippen LogP contribution in [0.2, 0.25) is 0 Å². The third-order valence-electron chi connectivity index (χ3n) is 4.87. The number of aromatic amines is 1. The monoisotopic (exact) mass is 358 g/mol. The summed E-state index contributed by atoms with van der Waals surface area (Å²) in [6, 6.07) is 6.99. The quantitative estimate of drug-likeness (QED) is 0.866. The number of amides is 1. The second-order valence-corrected chi connectivity index (χ2v) is 7.60. The van der Waals surface area contributed by atoms with Crippen molar-refractivity contribution in [1.29, 1.82) is 0 Å². The summed E-state index contributed by atoms with van der Waals surface area (Å²) >= 11 is 0. The number of rotatable bonds is 4. The number of nitrogens with zero attached hydrogens (tertiary/aromatic N) is 2. The van der Waals surface area contributed by atoms with Gasteiger partial charge < -0.3 is 10.1 Å². The van der Waals surface area contributed by atoms with E-state index in [0.29, 0.717) is 17.3 Å². The zero-order valence-electron chi connectivity index (χ0n) is 15.7. The minimum absolute atomic E-state index is 0.165. The van der Waals surface area contributed by atoms with Crippen molar-refractivity contribution in [1.82, 2.24) is 20.4 Å². The van der Waals surface area contributed by atoms with Crippen molar-refractivity contribution in [3.8, 4) is 0 Å². The number of H-pyrrole nitrogens is 1. The third-order valence-corrected chi connectivity index (χ3v) is 4.87. The summed E-state index contributed by atoms with van der Waals surface area (Å²) in [6.45, 7) is 10.5. The first-order chi connectivity index (χ1) is 12.3. The van der Waals surface area contributed by atoms with E-state index in [-0.39, 0.29) is 34.9 Å². The SMILES string of the molecule is C[C@@H]1CN(C(C)(C)CNC(=O)c2n[nH]c(=O)c3ccccc23)C[C@@H](C)O1. The Morgan fingerprint density at radius 1 is 1.27 bits per heavy atom. The summed E-state index contributed by atoms with van der Waals surface area (Å²) < 4.78 is 5.79. The Kier molecular flexibility index (Phi) is 5.11. The van der Waals surface area contributed by atoms with Crippen LogP contribution in [0, 0.1) is 0 Å². The Bertz CT molecular complexity index is 851. The molecule has 7 heteroatoms. The van der Waals surface area contributed by atoms with Gasteiger partial charge in [-0.05, 0) is 33.8 Å². The Hall–Kier alpha value is -2.25. The van der Waals surface area contributed by atoms with E-state index in [1.165, 1.54) is 0 Å². The second kappa shape index (κ2) is 7.17. The molecule has 1 aromatic heterocycles. The van der Waals surface area contributed by atoms with Crippen LogP contribution >= 0.6 is 0 Å². The first kappa shape index (κ1) is 18.5. The minimum Gasteiger partial charge on any atom is -0.373 e. The number of carbonyl (C=O) groups is 1. The smallest absolute Gasteiger partial charge is 0.272 e. The van der Waals surface area contributed by atoms with Crippen LogP contribution in [0.15, 0.2) is 29.1 Å². The normalized spacial score (nSPS) is 21.7. The van der Waals surface area contributed by atoms with E-state index in [9.17, 15) is 9.59 Å². The molecule has 7 nitrogen and oxygen atoms in total. The zero-order chi connectivity index (χ0) is 18.9. The number of aromatic nitrogens is 2. The van der Waals surface area contributed by atoms with E-state index in [2.05, 4.69) is 48.1 Å². The molecule has 1 aromatic carbocycles. The van der Waals surface area contributed by atoms with Crippen molar-refractivity contribution in [2.24, 2.45) is 0 Å². The molecule has 3 rings (SSSR count). The van der Waals surface area contributed by atoms with Gasteiger partial charge in [-0.3, -0.25) is 14.5 Å². The van der Waals surface area contributed by atoms with E-state index in [4.69, 9.17) is 4.74 Å². The van der Waals surface area contributed by atoms with Crippen LogP contribution in [0.5, 0.6) is 0 Å². The van der Waals surface area contributed by atoms with E-state index in [1.807, 2.05) is 0 Å². The molecule has 0 radical (unpaired) electrons. The largest absolute Gasteiger partial charge is 0.373 e. The second-order valence-electron chi connectivity index (χ2n) is 7.60. The van der Waals surface area contributed by atoms with Crippen LogP contribution in [0.4, 0.5) is 0 Å². The average Bonchev–Trinajstić information content (AvgIpc) is 2.59. The fourth-order valence-corrected chi connectivity index (χ4v) is 3.45. The Balaban J connectivity index is 1.75. The lowest BCUT2D eigenvalue weighted by Gasteiger charge is -2.45.